The molecule has 3 atom stereocenters. The highest BCUT2D eigenvalue weighted by Crippen LogP contribution is 2.37. The second-order valence-electron chi connectivity index (χ2n) is 8.22. The fourth-order valence-corrected chi connectivity index (χ4v) is 4.43. The van der Waals surface area contributed by atoms with Gasteiger partial charge in [0.1, 0.15) is 24.9 Å². The Balaban J connectivity index is 1.75. The number of fused-ring (bicyclic) bond motifs is 2. The van der Waals surface area contributed by atoms with Crippen molar-refractivity contribution in [1.29, 1.82) is 0 Å². The minimum Gasteiger partial charge on any atom is -0.463 e. The van der Waals surface area contributed by atoms with E-state index < -0.39 is 30.3 Å². The number of aryl methyl sites for hydroxylation is 1. The molecule has 0 spiro atoms. The predicted molar refractivity (Wildman–Crippen MR) is 118 cm³/mol. The van der Waals surface area contributed by atoms with E-state index in [4.69, 9.17) is 14.2 Å². The zero-order valence-corrected chi connectivity index (χ0v) is 18.8. The van der Waals surface area contributed by atoms with Crippen LogP contribution in [0.3, 0.4) is 0 Å². The first-order valence-corrected chi connectivity index (χ1v) is 10.7. The van der Waals surface area contributed by atoms with Gasteiger partial charge in [-0.15, -0.1) is 0 Å². The minimum atomic E-state index is -0.721. The van der Waals surface area contributed by atoms with Gasteiger partial charge in [0.25, 0.3) is 0 Å². The summed E-state index contributed by atoms with van der Waals surface area (Å²) in [6.07, 6.45) is 1.42. The molecule has 0 N–H and O–H groups in total. The molecule has 1 aliphatic carbocycles. The number of hydrogen-bond donors (Lipinski definition) is 0. The zero-order valence-electron chi connectivity index (χ0n) is 18.8. The van der Waals surface area contributed by atoms with E-state index in [1.165, 1.54) is 13.8 Å². The first kappa shape index (κ1) is 22.6. The van der Waals surface area contributed by atoms with Crippen LogP contribution in [-0.2, 0) is 23.8 Å². The third-order valence-corrected chi connectivity index (χ3v) is 5.92. The molecule has 0 saturated heterocycles. The van der Waals surface area contributed by atoms with Gasteiger partial charge in [-0.25, -0.2) is 0 Å². The van der Waals surface area contributed by atoms with Crippen molar-refractivity contribution in [2.24, 2.45) is 0 Å². The summed E-state index contributed by atoms with van der Waals surface area (Å²) in [7, 11) is 0. The van der Waals surface area contributed by atoms with Crippen LogP contribution in [0, 0.1) is 13.8 Å². The van der Waals surface area contributed by atoms with Gasteiger partial charge in [0.2, 0.25) is 0 Å². The number of carbonyl (C=O) groups excluding carboxylic acids is 4. The molecule has 0 bridgehead atoms. The molecule has 0 radical (unpaired) electrons. The van der Waals surface area contributed by atoms with Gasteiger partial charge in [-0.05, 0) is 36.6 Å². The van der Waals surface area contributed by atoms with E-state index >= 15 is 0 Å². The fourth-order valence-electron chi connectivity index (χ4n) is 4.43. The largest absolute Gasteiger partial charge is 0.463 e. The van der Waals surface area contributed by atoms with Gasteiger partial charge >= 0.3 is 11.9 Å². The van der Waals surface area contributed by atoms with Gasteiger partial charge in [-0.3, -0.25) is 19.2 Å². The summed E-state index contributed by atoms with van der Waals surface area (Å²) in [4.78, 5) is 49.3. The van der Waals surface area contributed by atoms with Crippen molar-refractivity contribution < 1.29 is 33.4 Å². The molecule has 0 aromatic heterocycles. The summed E-state index contributed by atoms with van der Waals surface area (Å²) < 4.78 is 16.6. The molecule has 2 aliphatic rings. The van der Waals surface area contributed by atoms with Crippen molar-refractivity contribution in [2.45, 2.75) is 46.0 Å². The van der Waals surface area contributed by atoms with E-state index in [-0.39, 0.29) is 18.2 Å². The Morgan fingerprint density at radius 1 is 0.939 bits per heavy atom. The summed E-state index contributed by atoms with van der Waals surface area (Å²) in [6, 6.07) is 8.66. The van der Waals surface area contributed by atoms with Gasteiger partial charge in [0.05, 0.1) is 0 Å². The van der Waals surface area contributed by atoms with Crippen LogP contribution in [-0.4, -0.2) is 42.3 Å². The molecule has 0 fully saturated rings. The topological polar surface area (TPSA) is 96.0 Å². The van der Waals surface area contributed by atoms with Gasteiger partial charge in [-0.2, -0.15) is 0 Å². The number of rotatable bonds is 4. The number of benzene rings is 2. The lowest BCUT2D eigenvalue weighted by Gasteiger charge is -2.33. The summed E-state index contributed by atoms with van der Waals surface area (Å²) >= 11 is 0. The third kappa shape index (κ3) is 4.12. The fraction of sp³-hybridized carbons (Fsp3) is 0.308. The van der Waals surface area contributed by atoms with Crippen LogP contribution in [0.2, 0.25) is 0 Å². The van der Waals surface area contributed by atoms with Crippen LogP contribution in [0.15, 0.2) is 42.5 Å². The van der Waals surface area contributed by atoms with E-state index in [9.17, 15) is 19.2 Å². The van der Waals surface area contributed by atoms with Gasteiger partial charge in [0, 0.05) is 36.1 Å². The summed E-state index contributed by atoms with van der Waals surface area (Å²) in [5.41, 5.74) is 3.63. The minimum absolute atomic E-state index is 0.0954. The maximum absolute atomic E-state index is 13.4. The monoisotopic (exact) mass is 448 g/mol. The average Bonchev–Trinajstić information content (AvgIpc) is 2.77. The van der Waals surface area contributed by atoms with Crippen molar-refractivity contribution in [3.63, 3.8) is 0 Å². The standard InChI is InChI=1S/C26H24O7/c1-13-11-19(20-9-10-21(32-16(4)28)22(33-20)12-31-15(3)27)14(2)24-23(13)25(29)17-7-5-6-8-18(17)26(24)30/h5-11,20-22H,12H2,1-4H3/t20-,21-,22+/m0/s1. The van der Waals surface area contributed by atoms with Gasteiger partial charge in [0.15, 0.2) is 11.6 Å². The van der Waals surface area contributed by atoms with Crippen molar-refractivity contribution in [2.75, 3.05) is 6.61 Å². The second kappa shape index (κ2) is 8.75. The van der Waals surface area contributed by atoms with Crippen LogP contribution in [0.1, 0.15) is 68.5 Å². The SMILES string of the molecule is CC(=O)OC[C@H]1O[C@H](c2cc(C)c3c(c2C)C(=O)c2ccccc2C3=O)C=C[C@@H]1OC(C)=O. The number of ether oxygens (including phenoxy) is 3. The molecule has 0 saturated carbocycles. The lowest BCUT2D eigenvalue weighted by Crippen LogP contribution is -2.39. The molecule has 1 aliphatic heterocycles. The highest BCUT2D eigenvalue weighted by atomic mass is 16.6. The molecule has 4 rings (SSSR count). The molecule has 33 heavy (non-hydrogen) atoms. The lowest BCUT2D eigenvalue weighted by molar-refractivity contribution is -0.163. The Labute approximate surface area is 191 Å². The van der Waals surface area contributed by atoms with Crippen molar-refractivity contribution >= 4 is 23.5 Å². The molecule has 170 valence electrons. The summed E-state index contributed by atoms with van der Waals surface area (Å²) in [5.74, 6) is -1.33. The number of ketones is 2. The van der Waals surface area contributed by atoms with Crippen molar-refractivity contribution in [1.82, 2.24) is 0 Å². The van der Waals surface area contributed by atoms with Crippen LogP contribution >= 0.6 is 0 Å². The highest BCUT2D eigenvalue weighted by molar-refractivity contribution is 6.29. The normalized spacial score (nSPS) is 21.3. The number of hydrogen-bond acceptors (Lipinski definition) is 7. The first-order chi connectivity index (χ1) is 15.7. The van der Waals surface area contributed by atoms with Crippen LogP contribution in [0.4, 0.5) is 0 Å². The van der Waals surface area contributed by atoms with E-state index in [2.05, 4.69) is 0 Å². The summed E-state index contributed by atoms with van der Waals surface area (Å²) in [6.45, 7) is 6.07. The lowest BCUT2D eigenvalue weighted by atomic mass is 9.78. The van der Waals surface area contributed by atoms with E-state index in [1.54, 1.807) is 50.3 Å². The Bertz CT molecular complexity index is 1210. The number of esters is 2. The highest BCUT2D eigenvalue weighted by Gasteiger charge is 2.36. The van der Waals surface area contributed by atoms with Crippen LogP contribution in [0.5, 0.6) is 0 Å². The van der Waals surface area contributed by atoms with Crippen molar-refractivity contribution in [3.8, 4) is 0 Å². The molecular weight excluding hydrogens is 424 g/mol. The molecule has 2 aromatic carbocycles. The Hall–Kier alpha value is -3.58. The Morgan fingerprint density at radius 3 is 2.18 bits per heavy atom. The van der Waals surface area contributed by atoms with Crippen LogP contribution in [0.25, 0.3) is 0 Å². The van der Waals surface area contributed by atoms with E-state index in [0.717, 1.165) is 5.56 Å². The smallest absolute Gasteiger partial charge is 0.303 e. The summed E-state index contributed by atoms with van der Waals surface area (Å²) in [5, 5.41) is 0. The molecule has 7 nitrogen and oxygen atoms in total. The molecular formula is C26H24O7. The third-order valence-electron chi connectivity index (χ3n) is 5.92. The first-order valence-electron chi connectivity index (χ1n) is 10.7. The number of carbonyl (C=O) groups is 4. The van der Waals surface area contributed by atoms with Gasteiger partial charge < -0.3 is 14.2 Å². The molecule has 2 aromatic rings. The second-order valence-corrected chi connectivity index (χ2v) is 8.22. The van der Waals surface area contributed by atoms with E-state index in [0.29, 0.717) is 33.4 Å². The van der Waals surface area contributed by atoms with E-state index in [1.807, 2.05) is 6.07 Å². The zero-order chi connectivity index (χ0) is 23.9. The maximum Gasteiger partial charge on any atom is 0.303 e. The Morgan fingerprint density at radius 2 is 1.58 bits per heavy atom. The average molecular weight is 448 g/mol. The molecule has 7 heteroatoms. The molecule has 1 heterocycles. The predicted octanol–water partition coefficient (Wildman–Crippen LogP) is 3.57. The quantitative estimate of drug-likeness (QED) is 0.445. The van der Waals surface area contributed by atoms with Gasteiger partial charge in [-0.1, -0.05) is 36.4 Å². The molecule has 0 unspecified atom stereocenters. The maximum atomic E-state index is 13.4. The van der Waals surface area contributed by atoms with Crippen molar-refractivity contribution in [3.05, 3.63) is 81.4 Å². The molecule has 0 amide bonds. The Kier molecular flexibility index (Phi) is 5.99. The van der Waals surface area contributed by atoms with Crippen LogP contribution < -0.4 is 0 Å².